The lowest BCUT2D eigenvalue weighted by molar-refractivity contribution is -0.127. The van der Waals surface area contributed by atoms with Crippen LogP contribution in [-0.4, -0.2) is 45.1 Å². The summed E-state index contributed by atoms with van der Waals surface area (Å²) in [5.41, 5.74) is 0.562. The van der Waals surface area contributed by atoms with Crippen molar-refractivity contribution < 1.29 is 18.8 Å². The van der Waals surface area contributed by atoms with Crippen molar-refractivity contribution in [3.8, 4) is 0 Å². The number of amides is 2. The number of carbonyl (C=O) groups is 3. The number of thioether (sulfide) groups is 1. The summed E-state index contributed by atoms with van der Waals surface area (Å²) < 4.78 is 5.55. The van der Waals surface area contributed by atoms with Crippen molar-refractivity contribution in [3.05, 3.63) is 41.8 Å². The molecule has 1 saturated carbocycles. The fraction of sp³-hybridized carbons (Fsp3) is 0.560. The lowest BCUT2D eigenvalue weighted by Crippen LogP contribution is -2.52. The summed E-state index contributed by atoms with van der Waals surface area (Å²) in [6.45, 7) is 7.97. The summed E-state index contributed by atoms with van der Waals surface area (Å²) in [5, 5.41) is 14.4. The minimum Gasteiger partial charge on any atom is -0.408 e. The molecule has 8 nitrogen and oxygen atoms in total. The van der Waals surface area contributed by atoms with Gasteiger partial charge in [0.15, 0.2) is 0 Å². The molecule has 3 rings (SSSR count). The lowest BCUT2D eigenvalue weighted by Gasteiger charge is -2.32. The predicted molar refractivity (Wildman–Crippen MR) is 131 cm³/mol. The fourth-order valence-corrected chi connectivity index (χ4v) is 4.77. The summed E-state index contributed by atoms with van der Waals surface area (Å²) in [7, 11) is 0. The molecule has 184 valence electrons. The Morgan fingerprint density at radius 3 is 2.44 bits per heavy atom. The van der Waals surface area contributed by atoms with Crippen LogP contribution in [0.4, 0.5) is 0 Å². The fourth-order valence-electron chi connectivity index (χ4n) is 4.15. The first-order valence-electron chi connectivity index (χ1n) is 11.9. The smallest absolute Gasteiger partial charge is 0.286 e. The number of benzene rings is 1. The maximum Gasteiger partial charge on any atom is 0.286 e. The van der Waals surface area contributed by atoms with Crippen molar-refractivity contribution in [1.29, 1.82) is 0 Å². The molecule has 1 aromatic heterocycles. The molecule has 9 heteroatoms. The van der Waals surface area contributed by atoms with E-state index in [1.165, 1.54) is 11.8 Å². The maximum absolute atomic E-state index is 13.3. The van der Waals surface area contributed by atoms with E-state index in [-0.39, 0.29) is 40.7 Å². The van der Waals surface area contributed by atoms with Gasteiger partial charge in [-0.3, -0.25) is 14.4 Å². The Hall–Kier alpha value is -2.68. The molecule has 0 radical (unpaired) electrons. The highest BCUT2D eigenvalue weighted by Gasteiger charge is 2.35. The second kappa shape index (κ2) is 12.1. The summed E-state index contributed by atoms with van der Waals surface area (Å²) in [6, 6.07) is 7.93. The third-order valence-corrected chi connectivity index (χ3v) is 6.59. The normalized spacial score (nSPS) is 19.1. The van der Waals surface area contributed by atoms with Gasteiger partial charge in [0.25, 0.3) is 17.0 Å². The first kappa shape index (κ1) is 25.9. The number of ketones is 1. The zero-order valence-electron chi connectivity index (χ0n) is 20.2. The third kappa shape index (κ3) is 7.16. The number of carbonyl (C=O) groups excluding carboxylic acids is 3. The van der Waals surface area contributed by atoms with Gasteiger partial charge >= 0.3 is 0 Å². The van der Waals surface area contributed by atoms with Crippen molar-refractivity contribution in [2.75, 3.05) is 0 Å². The van der Waals surface area contributed by atoms with Crippen LogP contribution in [0.25, 0.3) is 0 Å². The maximum atomic E-state index is 13.3. The highest BCUT2D eigenvalue weighted by molar-refractivity contribution is 7.99. The molecule has 34 heavy (non-hydrogen) atoms. The van der Waals surface area contributed by atoms with Crippen LogP contribution in [0, 0.1) is 11.8 Å². The average Bonchev–Trinajstić information content (AvgIpc) is 3.26. The van der Waals surface area contributed by atoms with Crippen LogP contribution in [0.2, 0.25) is 0 Å². The van der Waals surface area contributed by atoms with Gasteiger partial charge < -0.3 is 15.1 Å². The van der Waals surface area contributed by atoms with E-state index in [0.717, 1.165) is 19.3 Å². The van der Waals surface area contributed by atoms with E-state index < -0.39 is 12.0 Å². The number of nitrogens with zero attached hydrogens (tertiary/aromatic N) is 2. The molecule has 0 saturated heterocycles. The molecule has 1 fully saturated rings. The molecule has 2 aromatic rings. The first-order valence-corrected chi connectivity index (χ1v) is 12.8. The second-order valence-corrected chi connectivity index (χ2v) is 11.0. The van der Waals surface area contributed by atoms with E-state index in [9.17, 15) is 14.4 Å². The zero-order chi connectivity index (χ0) is 24.7. The van der Waals surface area contributed by atoms with E-state index in [0.29, 0.717) is 23.6 Å². The van der Waals surface area contributed by atoms with E-state index in [2.05, 4.69) is 20.8 Å². The molecule has 1 aromatic carbocycles. The molecule has 1 aliphatic carbocycles. The van der Waals surface area contributed by atoms with Gasteiger partial charge in [0.05, 0.1) is 12.0 Å². The monoisotopic (exact) mass is 486 g/mol. The highest BCUT2D eigenvalue weighted by Crippen LogP contribution is 2.26. The van der Waals surface area contributed by atoms with Crippen molar-refractivity contribution in [2.24, 2.45) is 11.8 Å². The molecular formula is C25H34N4O4S. The SMILES string of the molecule is CC(C)C[C@H](NC(=O)[C@@H]1CCCC[C@@H]1NC(=O)c1ccccc1)C(=O)c1nnc(SC(C)C)o1. The molecule has 1 heterocycles. The van der Waals surface area contributed by atoms with E-state index in [1.54, 1.807) is 12.1 Å². The number of hydrogen-bond donors (Lipinski definition) is 2. The van der Waals surface area contributed by atoms with Crippen molar-refractivity contribution >= 4 is 29.4 Å². The van der Waals surface area contributed by atoms with Crippen LogP contribution in [0.3, 0.4) is 0 Å². The minimum absolute atomic E-state index is 0.0910. The van der Waals surface area contributed by atoms with Crippen molar-refractivity contribution in [3.63, 3.8) is 0 Å². The average molecular weight is 487 g/mol. The van der Waals surface area contributed by atoms with Crippen LogP contribution in [-0.2, 0) is 4.79 Å². The Labute approximate surface area is 205 Å². The standard InChI is InChI=1S/C25H34N4O4S/c1-15(2)14-20(21(30)24-28-29-25(33-24)34-16(3)4)27-23(32)18-12-8-9-13-19(18)26-22(31)17-10-6-5-7-11-17/h5-7,10-11,15-16,18-20H,8-9,12-14H2,1-4H3,(H,26,31)(H,27,32)/t18-,19+,20+/m1/s1. The third-order valence-electron chi connectivity index (χ3n) is 5.75. The van der Waals surface area contributed by atoms with Crippen LogP contribution < -0.4 is 10.6 Å². The number of hydrogen-bond acceptors (Lipinski definition) is 7. The second-order valence-electron chi connectivity index (χ2n) is 9.43. The summed E-state index contributed by atoms with van der Waals surface area (Å²) in [6.07, 6.45) is 3.67. The molecular weight excluding hydrogens is 452 g/mol. The van der Waals surface area contributed by atoms with Crippen LogP contribution in [0.1, 0.15) is 80.8 Å². The molecule has 0 aliphatic heterocycles. The summed E-state index contributed by atoms with van der Waals surface area (Å²) >= 11 is 1.38. The Morgan fingerprint density at radius 1 is 1.06 bits per heavy atom. The van der Waals surface area contributed by atoms with E-state index >= 15 is 0 Å². The van der Waals surface area contributed by atoms with Crippen LogP contribution in [0.5, 0.6) is 0 Å². The van der Waals surface area contributed by atoms with Gasteiger partial charge in [-0.05, 0) is 37.3 Å². The van der Waals surface area contributed by atoms with Crippen LogP contribution in [0.15, 0.2) is 40.0 Å². The van der Waals surface area contributed by atoms with Gasteiger partial charge in [0, 0.05) is 16.9 Å². The summed E-state index contributed by atoms with van der Waals surface area (Å²) in [4.78, 5) is 39.2. The molecule has 0 unspecified atom stereocenters. The van der Waals surface area contributed by atoms with E-state index in [4.69, 9.17) is 4.42 Å². The number of Topliss-reactive ketones (excluding diaryl/α,β-unsaturated/α-hetero) is 1. The Morgan fingerprint density at radius 2 is 1.76 bits per heavy atom. The zero-order valence-corrected chi connectivity index (χ0v) is 21.1. The van der Waals surface area contributed by atoms with Gasteiger partial charge in [0.1, 0.15) is 0 Å². The lowest BCUT2D eigenvalue weighted by atomic mass is 9.83. The van der Waals surface area contributed by atoms with Crippen LogP contribution >= 0.6 is 11.8 Å². The highest BCUT2D eigenvalue weighted by atomic mass is 32.2. The minimum atomic E-state index is -0.766. The Bertz CT molecular complexity index is 976. The predicted octanol–water partition coefficient (Wildman–Crippen LogP) is 4.27. The van der Waals surface area contributed by atoms with Crippen molar-refractivity contribution in [1.82, 2.24) is 20.8 Å². The molecule has 1 aliphatic rings. The van der Waals surface area contributed by atoms with Gasteiger partial charge in [-0.2, -0.15) is 0 Å². The number of rotatable bonds is 10. The van der Waals surface area contributed by atoms with Gasteiger partial charge in [-0.15, -0.1) is 10.2 Å². The number of nitrogens with one attached hydrogen (secondary N) is 2. The molecule has 2 amide bonds. The molecule has 2 N–H and O–H groups in total. The topological polar surface area (TPSA) is 114 Å². The van der Waals surface area contributed by atoms with Crippen molar-refractivity contribution in [2.45, 2.75) is 82.4 Å². The van der Waals surface area contributed by atoms with Gasteiger partial charge in [-0.25, -0.2) is 0 Å². The Kier molecular flexibility index (Phi) is 9.27. The van der Waals surface area contributed by atoms with E-state index in [1.807, 2.05) is 45.9 Å². The molecule has 3 atom stereocenters. The Balaban J connectivity index is 1.70. The van der Waals surface area contributed by atoms with Gasteiger partial charge in [-0.1, -0.05) is 70.5 Å². The largest absolute Gasteiger partial charge is 0.408 e. The quantitative estimate of drug-likeness (QED) is 0.381. The molecule has 0 spiro atoms. The van der Waals surface area contributed by atoms with Gasteiger partial charge in [0.2, 0.25) is 11.7 Å². The summed E-state index contributed by atoms with van der Waals surface area (Å²) in [5.74, 6) is -1.13. The molecule has 0 bridgehead atoms. The number of aromatic nitrogens is 2. The first-order chi connectivity index (χ1) is 16.2.